The van der Waals surface area contributed by atoms with Crippen molar-refractivity contribution < 1.29 is 19.4 Å². The van der Waals surface area contributed by atoms with Gasteiger partial charge in [-0.15, -0.1) is 0 Å². The number of rotatable bonds is 5. The third kappa shape index (κ3) is 3.06. The Bertz CT molecular complexity index is 663. The first-order chi connectivity index (χ1) is 10.6. The number of carbonyl (C=O) groups excluding carboxylic acids is 1. The Labute approximate surface area is 130 Å². The van der Waals surface area contributed by atoms with Crippen molar-refractivity contribution in [3.05, 3.63) is 47.5 Å². The molecule has 1 N–H and O–H groups in total. The summed E-state index contributed by atoms with van der Waals surface area (Å²) in [6.07, 6.45) is 0.782. The summed E-state index contributed by atoms with van der Waals surface area (Å²) < 4.78 is 10.1. The van der Waals surface area contributed by atoms with Crippen LogP contribution in [0.2, 0.25) is 0 Å². The minimum Gasteiger partial charge on any atom is -0.507 e. The molecule has 0 aliphatic rings. The molecule has 0 aliphatic carbocycles. The van der Waals surface area contributed by atoms with Crippen LogP contribution in [0, 0.1) is 0 Å². The van der Waals surface area contributed by atoms with Crippen molar-refractivity contribution in [2.45, 2.75) is 19.8 Å². The van der Waals surface area contributed by atoms with E-state index in [0.717, 1.165) is 16.7 Å². The second-order valence-electron chi connectivity index (χ2n) is 4.90. The van der Waals surface area contributed by atoms with E-state index in [4.69, 9.17) is 9.47 Å². The summed E-state index contributed by atoms with van der Waals surface area (Å²) in [5, 5.41) is 10.4. The van der Waals surface area contributed by atoms with E-state index in [1.165, 1.54) is 7.11 Å². The summed E-state index contributed by atoms with van der Waals surface area (Å²) in [4.78, 5) is 11.8. The molecule has 2 aromatic rings. The van der Waals surface area contributed by atoms with Crippen LogP contribution in [0.15, 0.2) is 36.4 Å². The van der Waals surface area contributed by atoms with Gasteiger partial charge in [0.05, 0.1) is 20.6 Å². The molecule has 0 radical (unpaired) electrons. The molecular weight excluding hydrogens is 280 g/mol. The Kier molecular flexibility index (Phi) is 5.04. The van der Waals surface area contributed by atoms with E-state index in [9.17, 15) is 9.90 Å². The Morgan fingerprint density at radius 2 is 1.82 bits per heavy atom. The third-order valence-electron chi connectivity index (χ3n) is 3.67. The average Bonchev–Trinajstić information content (AvgIpc) is 2.55. The predicted octanol–water partition coefficient (Wildman–Crippen LogP) is 3.35. The van der Waals surface area contributed by atoms with E-state index in [-0.39, 0.29) is 18.1 Å². The molecule has 0 heterocycles. The molecule has 0 aromatic heterocycles. The zero-order chi connectivity index (χ0) is 16.1. The van der Waals surface area contributed by atoms with Crippen LogP contribution in [-0.2, 0) is 22.4 Å². The molecule has 4 nitrogen and oxygen atoms in total. The summed E-state index contributed by atoms with van der Waals surface area (Å²) in [6.45, 7) is 1.99. The lowest BCUT2D eigenvalue weighted by Crippen LogP contribution is -2.09. The minimum absolute atomic E-state index is 0.0919. The Morgan fingerprint density at radius 1 is 1.14 bits per heavy atom. The number of phenols is 1. The molecule has 2 rings (SSSR count). The summed E-state index contributed by atoms with van der Waals surface area (Å²) >= 11 is 0. The van der Waals surface area contributed by atoms with Crippen LogP contribution < -0.4 is 4.74 Å². The van der Waals surface area contributed by atoms with Gasteiger partial charge in [0.25, 0.3) is 0 Å². The van der Waals surface area contributed by atoms with Gasteiger partial charge in [-0.25, -0.2) is 0 Å². The highest BCUT2D eigenvalue weighted by atomic mass is 16.5. The monoisotopic (exact) mass is 300 g/mol. The average molecular weight is 300 g/mol. The van der Waals surface area contributed by atoms with Gasteiger partial charge in [-0.3, -0.25) is 4.79 Å². The van der Waals surface area contributed by atoms with E-state index in [0.29, 0.717) is 17.7 Å². The van der Waals surface area contributed by atoms with Gasteiger partial charge in [0.15, 0.2) is 0 Å². The third-order valence-corrected chi connectivity index (χ3v) is 3.67. The van der Waals surface area contributed by atoms with Gasteiger partial charge in [-0.05, 0) is 23.1 Å². The van der Waals surface area contributed by atoms with Crippen LogP contribution in [0.1, 0.15) is 18.1 Å². The van der Waals surface area contributed by atoms with Crippen molar-refractivity contribution in [3.8, 4) is 22.6 Å². The zero-order valence-corrected chi connectivity index (χ0v) is 13.1. The lowest BCUT2D eigenvalue weighted by Gasteiger charge is -2.18. The maximum Gasteiger partial charge on any atom is 0.310 e. The largest absolute Gasteiger partial charge is 0.507 e. The number of phenolic OH excluding ortho intramolecular Hbond substituents is 1. The van der Waals surface area contributed by atoms with Crippen LogP contribution in [0.3, 0.4) is 0 Å². The van der Waals surface area contributed by atoms with E-state index in [2.05, 4.69) is 0 Å². The maximum absolute atomic E-state index is 11.8. The topological polar surface area (TPSA) is 55.8 Å². The molecule has 0 spiro atoms. The van der Waals surface area contributed by atoms with Crippen LogP contribution in [0.4, 0.5) is 0 Å². The van der Waals surface area contributed by atoms with Crippen molar-refractivity contribution in [2.24, 2.45) is 0 Å². The molecule has 0 saturated carbocycles. The van der Waals surface area contributed by atoms with Crippen molar-refractivity contribution in [3.63, 3.8) is 0 Å². The molecule has 0 unspecified atom stereocenters. The number of hydrogen-bond acceptors (Lipinski definition) is 4. The number of aromatic hydroxyl groups is 1. The smallest absolute Gasteiger partial charge is 0.310 e. The first-order valence-corrected chi connectivity index (χ1v) is 7.16. The fourth-order valence-corrected chi connectivity index (χ4v) is 2.65. The summed E-state index contributed by atoms with van der Waals surface area (Å²) in [6, 6.07) is 11.1. The van der Waals surface area contributed by atoms with Gasteiger partial charge in [-0.1, -0.05) is 37.3 Å². The summed E-state index contributed by atoms with van der Waals surface area (Å²) in [7, 11) is 2.91. The highest BCUT2D eigenvalue weighted by Crippen LogP contribution is 2.40. The minimum atomic E-state index is -0.348. The first-order valence-electron chi connectivity index (χ1n) is 7.16. The van der Waals surface area contributed by atoms with Gasteiger partial charge in [-0.2, -0.15) is 0 Å². The summed E-state index contributed by atoms with van der Waals surface area (Å²) in [5.74, 6) is 0.331. The molecular formula is C18H20O4. The Balaban J connectivity index is 2.72. The second-order valence-corrected chi connectivity index (χ2v) is 4.90. The van der Waals surface area contributed by atoms with E-state index < -0.39 is 0 Å². The van der Waals surface area contributed by atoms with Crippen molar-refractivity contribution >= 4 is 5.97 Å². The molecule has 4 heteroatoms. The molecule has 0 fully saturated rings. The normalized spacial score (nSPS) is 10.3. The SMILES string of the molecule is CCc1c(OC)cc(O)c(-c2ccccc2)c1CC(=O)OC. The quantitative estimate of drug-likeness (QED) is 0.860. The fourth-order valence-electron chi connectivity index (χ4n) is 2.65. The number of esters is 1. The lowest BCUT2D eigenvalue weighted by atomic mass is 9.90. The van der Waals surface area contributed by atoms with Crippen LogP contribution >= 0.6 is 0 Å². The highest BCUT2D eigenvalue weighted by molar-refractivity contribution is 5.83. The molecule has 0 bridgehead atoms. The van der Waals surface area contributed by atoms with E-state index in [1.807, 2.05) is 37.3 Å². The van der Waals surface area contributed by atoms with Crippen LogP contribution in [0.25, 0.3) is 11.1 Å². The van der Waals surface area contributed by atoms with E-state index >= 15 is 0 Å². The standard InChI is InChI=1S/C18H20O4/c1-4-13-14(10-17(20)22-3)18(12-8-6-5-7-9-12)15(19)11-16(13)21-2/h5-9,11,19H,4,10H2,1-3H3. The molecule has 0 amide bonds. The van der Waals surface area contributed by atoms with Crippen LogP contribution in [-0.4, -0.2) is 25.3 Å². The molecule has 116 valence electrons. The molecule has 2 aromatic carbocycles. The first kappa shape index (κ1) is 15.9. The number of hydrogen-bond donors (Lipinski definition) is 1. The maximum atomic E-state index is 11.8. The lowest BCUT2D eigenvalue weighted by molar-refractivity contribution is -0.139. The van der Waals surface area contributed by atoms with Gasteiger partial charge in [0.2, 0.25) is 0 Å². The van der Waals surface area contributed by atoms with Gasteiger partial charge in [0.1, 0.15) is 11.5 Å². The molecule has 0 aliphatic heterocycles. The van der Waals surface area contributed by atoms with Crippen molar-refractivity contribution in [1.29, 1.82) is 0 Å². The van der Waals surface area contributed by atoms with Crippen molar-refractivity contribution in [1.82, 2.24) is 0 Å². The van der Waals surface area contributed by atoms with E-state index in [1.54, 1.807) is 13.2 Å². The number of ether oxygens (including phenoxy) is 2. The molecule has 0 saturated heterocycles. The summed E-state index contributed by atoms with van der Waals surface area (Å²) in [5.41, 5.74) is 3.17. The van der Waals surface area contributed by atoms with Gasteiger partial charge >= 0.3 is 5.97 Å². The zero-order valence-electron chi connectivity index (χ0n) is 13.1. The molecule has 0 atom stereocenters. The second kappa shape index (κ2) is 6.98. The molecule has 22 heavy (non-hydrogen) atoms. The Morgan fingerprint density at radius 3 is 2.36 bits per heavy atom. The van der Waals surface area contributed by atoms with Gasteiger partial charge in [0, 0.05) is 11.6 Å². The highest BCUT2D eigenvalue weighted by Gasteiger charge is 2.21. The van der Waals surface area contributed by atoms with Gasteiger partial charge < -0.3 is 14.6 Å². The van der Waals surface area contributed by atoms with Crippen LogP contribution in [0.5, 0.6) is 11.5 Å². The van der Waals surface area contributed by atoms with Crippen molar-refractivity contribution in [2.75, 3.05) is 14.2 Å². The Hall–Kier alpha value is -2.49. The number of benzene rings is 2. The number of methoxy groups -OCH3 is 2. The fraction of sp³-hybridized carbons (Fsp3) is 0.278. The number of carbonyl (C=O) groups is 1. The predicted molar refractivity (Wildman–Crippen MR) is 85.2 cm³/mol.